The van der Waals surface area contributed by atoms with Crippen molar-refractivity contribution in [1.29, 1.82) is 0 Å². The minimum Gasteiger partial charge on any atom is -0.493 e. The quantitative estimate of drug-likeness (QED) is 0.741. The molecule has 0 aliphatic carbocycles. The number of carbonyl (C=O) groups excluding carboxylic acids is 1. The molecule has 3 rings (SSSR count). The second-order valence-corrected chi connectivity index (χ2v) is 5.48. The number of methoxy groups -OCH3 is 3. The van der Waals surface area contributed by atoms with E-state index in [2.05, 4.69) is 15.3 Å². The Morgan fingerprint density at radius 2 is 1.76 bits per heavy atom. The summed E-state index contributed by atoms with van der Waals surface area (Å²) >= 11 is 0. The number of H-pyrrole nitrogens is 1. The first-order valence-electron chi connectivity index (χ1n) is 7.48. The second-order valence-electron chi connectivity index (χ2n) is 5.48. The lowest BCUT2D eigenvalue weighted by Crippen LogP contribution is -2.33. The van der Waals surface area contributed by atoms with Gasteiger partial charge in [0.1, 0.15) is 5.82 Å². The number of amides is 1. The highest BCUT2D eigenvalue weighted by atomic mass is 16.5. The van der Waals surface area contributed by atoms with Crippen LogP contribution in [-0.2, 0) is 11.2 Å². The second kappa shape index (κ2) is 6.34. The van der Waals surface area contributed by atoms with Crippen LogP contribution < -0.4 is 30.8 Å². The first-order valence-corrected chi connectivity index (χ1v) is 7.48. The first-order chi connectivity index (χ1) is 12.0. The van der Waals surface area contributed by atoms with Crippen molar-refractivity contribution in [3.63, 3.8) is 0 Å². The number of benzene rings is 1. The van der Waals surface area contributed by atoms with Gasteiger partial charge in [-0.3, -0.25) is 14.6 Å². The van der Waals surface area contributed by atoms with Gasteiger partial charge < -0.3 is 25.3 Å². The highest BCUT2D eigenvalue weighted by molar-refractivity contribution is 5.98. The Bertz CT molecular complexity index is 868. The monoisotopic (exact) mass is 346 g/mol. The number of aromatic amines is 1. The molecule has 25 heavy (non-hydrogen) atoms. The smallest absolute Gasteiger partial charge is 0.257 e. The number of aromatic nitrogens is 2. The van der Waals surface area contributed by atoms with Gasteiger partial charge in [-0.2, -0.15) is 4.98 Å². The van der Waals surface area contributed by atoms with E-state index in [1.54, 1.807) is 12.1 Å². The van der Waals surface area contributed by atoms with Crippen LogP contribution in [0.4, 0.5) is 11.8 Å². The van der Waals surface area contributed by atoms with E-state index in [0.29, 0.717) is 28.4 Å². The Labute approximate surface area is 143 Å². The lowest BCUT2D eigenvalue weighted by Gasteiger charge is -2.24. The fraction of sp³-hybridized carbons (Fsp3) is 0.312. The number of anilines is 2. The highest BCUT2D eigenvalue weighted by Gasteiger charge is 2.32. The molecule has 0 saturated heterocycles. The predicted molar refractivity (Wildman–Crippen MR) is 90.4 cm³/mol. The number of nitrogens with one attached hydrogen (secondary N) is 2. The van der Waals surface area contributed by atoms with Crippen molar-refractivity contribution in [3.8, 4) is 17.2 Å². The molecule has 132 valence electrons. The number of nitrogen functional groups attached to an aromatic ring is 1. The van der Waals surface area contributed by atoms with Gasteiger partial charge in [0.05, 0.1) is 32.8 Å². The average Bonchev–Trinajstić information content (AvgIpc) is 2.59. The molecule has 0 radical (unpaired) electrons. The van der Waals surface area contributed by atoms with Crippen LogP contribution in [0, 0.1) is 0 Å². The molecule has 9 heteroatoms. The normalized spacial score (nSPS) is 16.0. The summed E-state index contributed by atoms with van der Waals surface area (Å²) in [4.78, 5) is 31.0. The van der Waals surface area contributed by atoms with Crippen molar-refractivity contribution in [3.05, 3.63) is 33.6 Å². The molecule has 1 unspecified atom stereocenters. The van der Waals surface area contributed by atoms with Gasteiger partial charge in [-0.1, -0.05) is 0 Å². The van der Waals surface area contributed by atoms with Crippen LogP contribution in [0.5, 0.6) is 17.2 Å². The van der Waals surface area contributed by atoms with Crippen LogP contribution in [-0.4, -0.2) is 37.2 Å². The van der Waals surface area contributed by atoms with E-state index in [9.17, 15) is 9.59 Å². The van der Waals surface area contributed by atoms with E-state index >= 15 is 0 Å². The molecule has 0 saturated carbocycles. The Morgan fingerprint density at radius 3 is 2.32 bits per heavy atom. The number of nitrogens with zero attached hydrogens (tertiary/aromatic N) is 1. The van der Waals surface area contributed by atoms with Crippen molar-refractivity contribution in [1.82, 2.24) is 9.97 Å². The van der Waals surface area contributed by atoms with E-state index in [4.69, 9.17) is 19.9 Å². The van der Waals surface area contributed by atoms with Crippen molar-refractivity contribution in [2.45, 2.75) is 12.3 Å². The number of ether oxygens (including phenoxy) is 3. The Hall–Kier alpha value is -3.23. The Morgan fingerprint density at radius 1 is 1.12 bits per heavy atom. The predicted octanol–water partition coefficient (Wildman–Crippen LogP) is 0.656. The zero-order chi connectivity index (χ0) is 18.1. The molecule has 0 fully saturated rings. The molecule has 2 heterocycles. The van der Waals surface area contributed by atoms with Gasteiger partial charge in [0, 0.05) is 0 Å². The number of nitrogens with two attached hydrogens (primary N) is 1. The molecule has 1 amide bonds. The van der Waals surface area contributed by atoms with Crippen LogP contribution >= 0.6 is 0 Å². The highest BCUT2D eigenvalue weighted by Crippen LogP contribution is 2.41. The molecule has 9 nitrogen and oxygen atoms in total. The van der Waals surface area contributed by atoms with Crippen LogP contribution in [0.3, 0.4) is 0 Å². The molecular weight excluding hydrogens is 328 g/mol. The van der Waals surface area contributed by atoms with Gasteiger partial charge in [-0.15, -0.1) is 0 Å². The maximum absolute atomic E-state index is 12.5. The van der Waals surface area contributed by atoms with E-state index in [1.807, 2.05) is 0 Å². The topological polar surface area (TPSA) is 129 Å². The summed E-state index contributed by atoms with van der Waals surface area (Å²) in [7, 11) is 4.49. The number of rotatable bonds is 4. The van der Waals surface area contributed by atoms with Crippen LogP contribution in [0.2, 0.25) is 0 Å². The Balaban J connectivity index is 2.08. The molecule has 1 aromatic heterocycles. The molecule has 1 atom stereocenters. The fourth-order valence-corrected chi connectivity index (χ4v) is 2.88. The first kappa shape index (κ1) is 16.6. The number of hydrogen-bond donors (Lipinski definition) is 3. The van der Waals surface area contributed by atoms with Crippen molar-refractivity contribution >= 4 is 17.7 Å². The standard InChI is InChI=1S/C16H18N4O5/c1-23-10-4-7(5-11(24-2)12(10)25-3)8-6-9-13(18-14(8)21)19-16(17)20-15(9)22/h4-5,8H,6H2,1-3H3,(H4,17,18,19,20,21,22). The average molecular weight is 346 g/mol. The van der Waals surface area contributed by atoms with Gasteiger partial charge in [0.25, 0.3) is 5.56 Å². The molecular formula is C16H18N4O5. The molecule has 1 aliphatic heterocycles. The third-order valence-electron chi connectivity index (χ3n) is 4.09. The maximum atomic E-state index is 12.5. The summed E-state index contributed by atoms with van der Waals surface area (Å²) in [5.41, 5.74) is 6.14. The molecule has 0 bridgehead atoms. The molecule has 1 aromatic carbocycles. The third-order valence-corrected chi connectivity index (χ3v) is 4.09. The summed E-state index contributed by atoms with van der Waals surface area (Å²) in [6.07, 6.45) is 0.183. The van der Waals surface area contributed by atoms with E-state index < -0.39 is 5.92 Å². The molecule has 2 aromatic rings. The third kappa shape index (κ3) is 2.84. The lowest BCUT2D eigenvalue weighted by molar-refractivity contribution is -0.117. The minimum absolute atomic E-state index is 0.0460. The zero-order valence-corrected chi connectivity index (χ0v) is 14.0. The van der Waals surface area contributed by atoms with Crippen molar-refractivity contribution in [2.75, 3.05) is 32.4 Å². The summed E-state index contributed by atoms with van der Waals surface area (Å²) < 4.78 is 15.9. The largest absolute Gasteiger partial charge is 0.493 e. The van der Waals surface area contributed by atoms with E-state index in [1.165, 1.54) is 21.3 Å². The molecule has 0 spiro atoms. The van der Waals surface area contributed by atoms with Crippen molar-refractivity contribution < 1.29 is 19.0 Å². The lowest BCUT2D eigenvalue weighted by atomic mass is 9.88. The maximum Gasteiger partial charge on any atom is 0.257 e. The van der Waals surface area contributed by atoms with Crippen LogP contribution in [0.25, 0.3) is 0 Å². The van der Waals surface area contributed by atoms with Gasteiger partial charge in [-0.05, 0) is 24.1 Å². The van der Waals surface area contributed by atoms with E-state index in [0.717, 1.165) is 0 Å². The molecule has 1 aliphatic rings. The molecule has 4 N–H and O–H groups in total. The number of hydrogen-bond acceptors (Lipinski definition) is 7. The minimum atomic E-state index is -0.604. The Kier molecular flexibility index (Phi) is 4.22. The van der Waals surface area contributed by atoms with E-state index in [-0.39, 0.29) is 29.7 Å². The van der Waals surface area contributed by atoms with Gasteiger partial charge >= 0.3 is 0 Å². The number of carbonyl (C=O) groups is 1. The zero-order valence-electron chi connectivity index (χ0n) is 14.0. The summed E-state index contributed by atoms with van der Waals surface area (Å²) in [5, 5.41) is 2.63. The van der Waals surface area contributed by atoms with Gasteiger partial charge in [0.2, 0.25) is 17.6 Å². The SMILES string of the molecule is COc1cc(C2Cc3c(nc(N)[nH]c3=O)NC2=O)cc(OC)c1OC. The summed E-state index contributed by atoms with van der Waals surface area (Å²) in [6.45, 7) is 0. The van der Waals surface area contributed by atoms with Gasteiger partial charge in [-0.25, -0.2) is 0 Å². The fourth-order valence-electron chi connectivity index (χ4n) is 2.88. The summed E-state index contributed by atoms with van der Waals surface area (Å²) in [5.74, 6) is 0.537. The summed E-state index contributed by atoms with van der Waals surface area (Å²) in [6, 6.07) is 3.38. The van der Waals surface area contributed by atoms with Crippen molar-refractivity contribution in [2.24, 2.45) is 0 Å². The number of fused-ring (bicyclic) bond motifs is 1. The van der Waals surface area contributed by atoms with Gasteiger partial charge in [0.15, 0.2) is 11.5 Å². The van der Waals surface area contributed by atoms with Crippen LogP contribution in [0.1, 0.15) is 17.0 Å². The van der Waals surface area contributed by atoms with Crippen LogP contribution in [0.15, 0.2) is 16.9 Å².